The highest BCUT2D eigenvalue weighted by atomic mass is 79.9. The Morgan fingerprint density at radius 3 is 2.61 bits per heavy atom. The maximum absolute atomic E-state index is 12.2. The minimum atomic E-state index is -1.06. The van der Waals surface area contributed by atoms with Crippen LogP contribution >= 0.6 is 27.3 Å². The van der Waals surface area contributed by atoms with E-state index < -0.39 is 5.97 Å². The molecule has 0 saturated carbocycles. The van der Waals surface area contributed by atoms with Gasteiger partial charge in [-0.3, -0.25) is 4.79 Å². The molecule has 0 radical (unpaired) electrons. The van der Waals surface area contributed by atoms with E-state index in [4.69, 9.17) is 9.84 Å². The maximum atomic E-state index is 12.2. The minimum Gasteiger partial charge on any atom is -0.489 e. The molecule has 0 saturated heterocycles. The number of anilines is 1. The van der Waals surface area contributed by atoms with Gasteiger partial charge < -0.3 is 15.2 Å². The van der Waals surface area contributed by atoms with E-state index in [0.29, 0.717) is 11.4 Å². The Kier molecular flexibility index (Phi) is 5.79. The Hall–Kier alpha value is -1.86. The predicted octanol–water partition coefficient (Wildman–Crippen LogP) is 4.18. The lowest BCUT2D eigenvalue weighted by molar-refractivity contribution is -0.115. The third-order valence-corrected chi connectivity index (χ3v) is 4.45. The summed E-state index contributed by atoms with van der Waals surface area (Å²) < 4.78 is 6.58. The van der Waals surface area contributed by atoms with Gasteiger partial charge in [-0.2, -0.15) is 0 Å². The minimum absolute atomic E-state index is 0.0884. The van der Waals surface area contributed by atoms with Crippen LogP contribution < -0.4 is 10.1 Å². The summed E-state index contributed by atoms with van der Waals surface area (Å²) in [5.41, 5.74) is 0.453. The number of thiophene rings is 1. The van der Waals surface area contributed by atoms with Crippen LogP contribution in [0.25, 0.3) is 0 Å². The first-order valence-corrected chi connectivity index (χ1v) is 8.54. The number of ether oxygens (including phenoxy) is 1. The standard InChI is InChI=1S/C16H16BrNO4S/c1-9(2)22-13-5-3-10(16(20)21)7-12(13)18-15(19)8-11-4-6-14(17)23-11/h3-7,9H,8H2,1-2H3,(H,18,19)(H,20,21). The summed E-state index contributed by atoms with van der Waals surface area (Å²) >= 11 is 4.83. The van der Waals surface area contributed by atoms with Gasteiger partial charge in [-0.15, -0.1) is 11.3 Å². The molecule has 1 aromatic heterocycles. The lowest BCUT2D eigenvalue weighted by atomic mass is 10.1. The van der Waals surface area contributed by atoms with Crippen LogP contribution in [0.2, 0.25) is 0 Å². The summed E-state index contributed by atoms with van der Waals surface area (Å²) in [7, 11) is 0. The zero-order valence-electron chi connectivity index (χ0n) is 12.6. The molecule has 0 unspecified atom stereocenters. The number of hydrogen-bond acceptors (Lipinski definition) is 4. The number of carbonyl (C=O) groups excluding carboxylic acids is 1. The van der Waals surface area contributed by atoms with Crippen molar-refractivity contribution in [3.8, 4) is 5.75 Å². The summed E-state index contributed by atoms with van der Waals surface area (Å²) in [5, 5.41) is 11.8. The first-order valence-electron chi connectivity index (χ1n) is 6.93. The fourth-order valence-electron chi connectivity index (χ4n) is 1.92. The fraction of sp³-hybridized carbons (Fsp3) is 0.250. The van der Waals surface area contributed by atoms with Crippen LogP contribution in [-0.4, -0.2) is 23.1 Å². The molecule has 2 rings (SSSR count). The van der Waals surface area contributed by atoms with Gasteiger partial charge in [0.25, 0.3) is 0 Å². The van der Waals surface area contributed by atoms with E-state index in [2.05, 4.69) is 21.2 Å². The van der Waals surface area contributed by atoms with Gasteiger partial charge in [0.05, 0.1) is 27.6 Å². The Balaban J connectivity index is 2.19. The number of aromatic carboxylic acids is 1. The average molecular weight is 398 g/mol. The smallest absolute Gasteiger partial charge is 0.335 e. The van der Waals surface area contributed by atoms with Crippen molar-refractivity contribution < 1.29 is 19.4 Å². The molecule has 1 aromatic carbocycles. The van der Waals surface area contributed by atoms with E-state index in [9.17, 15) is 9.59 Å². The number of carbonyl (C=O) groups is 2. The number of hydrogen-bond donors (Lipinski definition) is 2. The van der Waals surface area contributed by atoms with E-state index in [-0.39, 0.29) is 24.0 Å². The predicted molar refractivity (Wildman–Crippen MR) is 93.5 cm³/mol. The van der Waals surface area contributed by atoms with E-state index >= 15 is 0 Å². The molecule has 0 fully saturated rings. The SMILES string of the molecule is CC(C)Oc1ccc(C(=O)O)cc1NC(=O)Cc1ccc(Br)s1. The Labute approximate surface area is 146 Å². The van der Waals surface area contributed by atoms with Crippen LogP contribution in [0.15, 0.2) is 34.1 Å². The average Bonchev–Trinajstić information content (AvgIpc) is 2.85. The van der Waals surface area contributed by atoms with Gasteiger partial charge in [-0.1, -0.05) is 0 Å². The number of carboxylic acid groups (broad SMARTS) is 1. The molecule has 2 aromatic rings. The summed E-state index contributed by atoms with van der Waals surface area (Å²) in [6.07, 6.45) is 0.129. The van der Waals surface area contributed by atoms with Crippen LogP contribution in [0.5, 0.6) is 5.75 Å². The largest absolute Gasteiger partial charge is 0.489 e. The van der Waals surface area contributed by atoms with E-state index in [0.717, 1.165) is 8.66 Å². The molecule has 23 heavy (non-hydrogen) atoms. The van der Waals surface area contributed by atoms with Crippen molar-refractivity contribution in [2.75, 3.05) is 5.32 Å². The molecule has 0 bridgehead atoms. The van der Waals surface area contributed by atoms with Crippen LogP contribution in [-0.2, 0) is 11.2 Å². The molecule has 0 spiro atoms. The quantitative estimate of drug-likeness (QED) is 0.766. The number of halogens is 1. The zero-order chi connectivity index (χ0) is 17.0. The molecule has 1 amide bonds. The lowest BCUT2D eigenvalue weighted by Gasteiger charge is -2.15. The summed E-state index contributed by atoms with van der Waals surface area (Å²) in [4.78, 5) is 24.2. The molecular formula is C16H16BrNO4S. The summed E-state index contributed by atoms with van der Waals surface area (Å²) in [6, 6.07) is 8.16. The van der Waals surface area contributed by atoms with Gasteiger partial charge >= 0.3 is 5.97 Å². The van der Waals surface area contributed by atoms with E-state index in [1.165, 1.54) is 23.5 Å². The van der Waals surface area contributed by atoms with Crippen LogP contribution in [0.3, 0.4) is 0 Å². The Bertz CT molecular complexity index is 727. The summed E-state index contributed by atoms with van der Waals surface area (Å²) in [5.74, 6) is -0.833. The van der Waals surface area contributed by atoms with Crippen molar-refractivity contribution in [2.45, 2.75) is 26.4 Å². The first kappa shape index (κ1) is 17.5. The highest BCUT2D eigenvalue weighted by Crippen LogP contribution is 2.28. The summed E-state index contributed by atoms with van der Waals surface area (Å²) in [6.45, 7) is 3.72. The van der Waals surface area contributed by atoms with E-state index in [1.807, 2.05) is 26.0 Å². The van der Waals surface area contributed by atoms with Crippen molar-refractivity contribution >= 4 is 44.8 Å². The topological polar surface area (TPSA) is 75.6 Å². The number of benzene rings is 1. The van der Waals surface area contributed by atoms with Crippen LogP contribution in [0, 0.1) is 0 Å². The second-order valence-corrected chi connectivity index (χ2v) is 7.66. The molecule has 0 aliphatic carbocycles. The normalized spacial score (nSPS) is 10.6. The molecule has 0 aliphatic heterocycles. The third-order valence-electron chi connectivity index (χ3n) is 2.83. The highest BCUT2D eigenvalue weighted by molar-refractivity contribution is 9.11. The first-order chi connectivity index (χ1) is 10.8. The van der Waals surface area contributed by atoms with Crippen molar-refractivity contribution in [3.63, 3.8) is 0 Å². The van der Waals surface area contributed by atoms with Gasteiger partial charge in [0, 0.05) is 4.88 Å². The molecule has 122 valence electrons. The monoisotopic (exact) mass is 397 g/mol. The highest BCUT2D eigenvalue weighted by Gasteiger charge is 2.14. The number of amides is 1. The molecule has 0 atom stereocenters. The number of nitrogens with one attached hydrogen (secondary N) is 1. The lowest BCUT2D eigenvalue weighted by Crippen LogP contribution is -2.16. The van der Waals surface area contributed by atoms with Gasteiger partial charge in [-0.25, -0.2) is 4.79 Å². The maximum Gasteiger partial charge on any atom is 0.335 e. The second-order valence-electron chi connectivity index (χ2n) is 5.11. The molecular weight excluding hydrogens is 382 g/mol. The van der Waals surface area contributed by atoms with Crippen LogP contribution in [0.4, 0.5) is 5.69 Å². The van der Waals surface area contributed by atoms with Gasteiger partial charge in [-0.05, 0) is 60.1 Å². The van der Waals surface area contributed by atoms with Crippen LogP contribution in [0.1, 0.15) is 29.1 Å². The molecule has 0 aliphatic rings. The number of carboxylic acids is 1. The second kappa shape index (κ2) is 7.61. The van der Waals surface area contributed by atoms with Crippen molar-refractivity contribution in [1.29, 1.82) is 0 Å². The molecule has 5 nitrogen and oxygen atoms in total. The van der Waals surface area contributed by atoms with E-state index in [1.54, 1.807) is 6.07 Å². The van der Waals surface area contributed by atoms with Crippen molar-refractivity contribution in [2.24, 2.45) is 0 Å². The van der Waals surface area contributed by atoms with Gasteiger partial charge in [0.2, 0.25) is 5.91 Å². The Morgan fingerprint density at radius 2 is 2.04 bits per heavy atom. The zero-order valence-corrected chi connectivity index (χ0v) is 15.0. The Morgan fingerprint density at radius 1 is 1.30 bits per heavy atom. The third kappa shape index (κ3) is 5.07. The molecule has 1 heterocycles. The molecule has 7 heteroatoms. The van der Waals surface area contributed by atoms with Gasteiger partial charge in [0.15, 0.2) is 0 Å². The van der Waals surface area contributed by atoms with Gasteiger partial charge in [0.1, 0.15) is 5.75 Å². The molecule has 2 N–H and O–H groups in total. The fourth-order valence-corrected chi connectivity index (χ4v) is 3.40. The number of rotatable bonds is 6. The van der Waals surface area contributed by atoms with Crippen molar-refractivity contribution in [1.82, 2.24) is 0 Å². The van der Waals surface area contributed by atoms with Crippen molar-refractivity contribution in [3.05, 3.63) is 44.6 Å².